The molecule has 0 aliphatic rings. The minimum absolute atomic E-state index is 0.635. The molecule has 90 valence electrons. The number of nitrogens with one attached hydrogen (secondary N) is 1. The van der Waals surface area contributed by atoms with E-state index in [0.29, 0.717) is 4.77 Å². The maximum atomic E-state index is 5.09. The van der Waals surface area contributed by atoms with Crippen LogP contribution in [0.2, 0.25) is 0 Å². The summed E-state index contributed by atoms with van der Waals surface area (Å²) in [5, 5.41) is 6.99. The van der Waals surface area contributed by atoms with Crippen molar-refractivity contribution in [3.8, 4) is 0 Å². The summed E-state index contributed by atoms with van der Waals surface area (Å²) in [5.41, 5.74) is 2.53. The Hall–Kier alpha value is -1.62. The minimum atomic E-state index is 0.635. The molecule has 0 amide bonds. The highest BCUT2D eigenvalue weighted by Gasteiger charge is 2.08. The number of anilines is 1. The zero-order valence-corrected chi connectivity index (χ0v) is 11.1. The standard InChI is InChI=1S/C12H16N4S/c1-9-4-6-10(7-5-9)8-15(2)11-13-14-12(17)16(11)3/h4-7H,8H2,1-3H3,(H,14,17). The molecule has 0 saturated carbocycles. The number of aryl methyl sites for hydroxylation is 1. The molecule has 1 heterocycles. The second-order valence-electron chi connectivity index (χ2n) is 4.23. The molecule has 0 atom stereocenters. The Balaban J connectivity index is 2.17. The van der Waals surface area contributed by atoms with Gasteiger partial charge in [-0.25, -0.2) is 5.10 Å². The van der Waals surface area contributed by atoms with Crippen LogP contribution in [0.4, 0.5) is 5.95 Å². The van der Waals surface area contributed by atoms with Gasteiger partial charge in [0.25, 0.3) is 0 Å². The van der Waals surface area contributed by atoms with Crippen LogP contribution in [0.3, 0.4) is 0 Å². The molecule has 5 heteroatoms. The average molecular weight is 248 g/mol. The molecule has 4 nitrogen and oxygen atoms in total. The van der Waals surface area contributed by atoms with Gasteiger partial charge in [-0.15, -0.1) is 5.10 Å². The topological polar surface area (TPSA) is 36.9 Å². The van der Waals surface area contributed by atoms with E-state index in [0.717, 1.165) is 12.5 Å². The van der Waals surface area contributed by atoms with E-state index in [4.69, 9.17) is 12.2 Å². The first kappa shape index (κ1) is 11.9. The van der Waals surface area contributed by atoms with E-state index in [1.54, 1.807) is 0 Å². The lowest BCUT2D eigenvalue weighted by atomic mass is 10.1. The molecule has 0 radical (unpaired) electrons. The van der Waals surface area contributed by atoms with Crippen molar-refractivity contribution in [1.29, 1.82) is 0 Å². The largest absolute Gasteiger partial charge is 0.340 e. The van der Waals surface area contributed by atoms with E-state index in [2.05, 4.69) is 46.3 Å². The predicted octanol–water partition coefficient (Wildman–Crippen LogP) is 2.42. The molecule has 0 saturated heterocycles. The van der Waals surface area contributed by atoms with Gasteiger partial charge in [0.05, 0.1) is 0 Å². The van der Waals surface area contributed by atoms with Crippen LogP contribution in [0.1, 0.15) is 11.1 Å². The summed E-state index contributed by atoms with van der Waals surface area (Å²) in [7, 11) is 3.91. The number of hydrogen-bond donors (Lipinski definition) is 1. The molecule has 2 rings (SSSR count). The summed E-state index contributed by atoms with van der Waals surface area (Å²) in [6.45, 7) is 2.90. The Morgan fingerprint density at radius 3 is 2.53 bits per heavy atom. The maximum Gasteiger partial charge on any atom is 0.225 e. The third kappa shape index (κ3) is 2.55. The highest BCUT2D eigenvalue weighted by Crippen LogP contribution is 2.12. The summed E-state index contributed by atoms with van der Waals surface area (Å²) in [4.78, 5) is 2.07. The van der Waals surface area contributed by atoms with Gasteiger partial charge in [-0.2, -0.15) is 0 Å². The zero-order chi connectivity index (χ0) is 12.4. The van der Waals surface area contributed by atoms with Gasteiger partial charge in [-0.05, 0) is 24.7 Å². The highest BCUT2D eigenvalue weighted by molar-refractivity contribution is 7.71. The second kappa shape index (κ2) is 4.71. The van der Waals surface area contributed by atoms with E-state index in [9.17, 15) is 0 Å². The molecular weight excluding hydrogens is 232 g/mol. The zero-order valence-electron chi connectivity index (χ0n) is 10.3. The maximum absolute atomic E-state index is 5.09. The third-order valence-electron chi connectivity index (χ3n) is 2.74. The quantitative estimate of drug-likeness (QED) is 0.848. The molecule has 17 heavy (non-hydrogen) atoms. The van der Waals surface area contributed by atoms with Gasteiger partial charge >= 0.3 is 0 Å². The molecule has 1 N–H and O–H groups in total. The van der Waals surface area contributed by atoms with Gasteiger partial charge in [0, 0.05) is 20.6 Å². The van der Waals surface area contributed by atoms with E-state index in [1.165, 1.54) is 11.1 Å². The van der Waals surface area contributed by atoms with Crippen molar-refractivity contribution in [2.45, 2.75) is 13.5 Å². The Morgan fingerprint density at radius 1 is 1.35 bits per heavy atom. The fourth-order valence-corrected chi connectivity index (χ4v) is 1.85. The predicted molar refractivity (Wildman–Crippen MR) is 71.7 cm³/mol. The fraction of sp³-hybridized carbons (Fsp3) is 0.333. The molecule has 0 fully saturated rings. The summed E-state index contributed by atoms with van der Waals surface area (Å²) in [6, 6.07) is 8.50. The Bertz CT molecular complexity index is 553. The number of aromatic nitrogens is 3. The summed E-state index contributed by atoms with van der Waals surface area (Å²) >= 11 is 5.09. The number of aromatic amines is 1. The first-order valence-electron chi connectivity index (χ1n) is 5.46. The summed E-state index contributed by atoms with van der Waals surface area (Å²) in [6.07, 6.45) is 0. The minimum Gasteiger partial charge on any atom is -0.340 e. The van der Waals surface area contributed by atoms with Crippen molar-refractivity contribution in [3.05, 3.63) is 40.2 Å². The third-order valence-corrected chi connectivity index (χ3v) is 3.10. The second-order valence-corrected chi connectivity index (χ2v) is 4.62. The van der Waals surface area contributed by atoms with E-state index in [-0.39, 0.29) is 0 Å². The van der Waals surface area contributed by atoms with Crippen molar-refractivity contribution in [3.63, 3.8) is 0 Å². The van der Waals surface area contributed by atoms with Crippen molar-refractivity contribution < 1.29 is 0 Å². The van der Waals surface area contributed by atoms with Gasteiger partial charge in [-0.1, -0.05) is 29.8 Å². The van der Waals surface area contributed by atoms with Crippen molar-refractivity contribution in [2.75, 3.05) is 11.9 Å². The Morgan fingerprint density at radius 2 is 2.00 bits per heavy atom. The molecule has 0 unspecified atom stereocenters. The van der Waals surface area contributed by atoms with Gasteiger partial charge in [0.1, 0.15) is 0 Å². The van der Waals surface area contributed by atoms with Crippen LogP contribution in [-0.4, -0.2) is 21.8 Å². The molecule has 2 aromatic rings. The molecule has 1 aromatic carbocycles. The number of rotatable bonds is 3. The van der Waals surface area contributed by atoms with Gasteiger partial charge in [0.2, 0.25) is 5.95 Å². The Labute approximate surface area is 106 Å². The van der Waals surface area contributed by atoms with Gasteiger partial charge < -0.3 is 4.90 Å². The normalized spacial score (nSPS) is 10.5. The average Bonchev–Trinajstić information content (AvgIpc) is 2.63. The molecule has 0 aliphatic heterocycles. The number of H-pyrrole nitrogens is 1. The van der Waals surface area contributed by atoms with Crippen LogP contribution < -0.4 is 4.90 Å². The van der Waals surface area contributed by atoms with Crippen LogP contribution in [0, 0.1) is 11.7 Å². The summed E-state index contributed by atoms with van der Waals surface area (Å²) < 4.78 is 2.50. The van der Waals surface area contributed by atoms with E-state index < -0.39 is 0 Å². The smallest absolute Gasteiger partial charge is 0.225 e. The lowest BCUT2D eigenvalue weighted by Gasteiger charge is -2.17. The van der Waals surface area contributed by atoms with Crippen LogP contribution >= 0.6 is 12.2 Å². The van der Waals surface area contributed by atoms with Crippen LogP contribution in [0.15, 0.2) is 24.3 Å². The summed E-state index contributed by atoms with van der Waals surface area (Å²) in [5.74, 6) is 0.843. The molecule has 1 aromatic heterocycles. The van der Waals surface area contributed by atoms with E-state index in [1.807, 2.05) is 18.7 Å². The van der Waals surface area contributed by atoms with Gasteiger partial charge in [-0.3, -0.25) is 4.57 Å². The lowest BCUT2D eigenvalue weighted by Crippen LogP contribution is -2.20. The van der Waals surface area contributed by atoms with Crippen LogP contribution in [0.5, 0.6) is 0 Å². The fourth-order valence-electron chi connectivity index (χ4n) is 1.72. The SMILES string of the molecule is Cc1ccc(CN(C)c2n[nH]c(=S)n2C)cc1. The molecule has 0 spiro atoms. The molecule has 0 bridgehead atoms. The number of benzene rings is 1. The molecule has 0 aliphatic carbocycles. The monoisotopic (exact) mass is 248 g/mol. The van der Waals surface area contributed by atoms with Crippen LogP contribution in [0.25, 0.3) is 0 Å². The van der Waals surface area contributed by atoms with Crippen molar-refractivity contribution in [1.82, 2.24) is 14.8 Å². The number of nitrogens with zero attached hydrogens (tertiary/aromatic N) is 3. The van der Waals surface area contributed by atoms with E-state index >= 15 is 0 Å². The highest BCUT2D eigenvalue weighted by atomic mass is 32.1. The lowest BCUT2D eigenvalue weighted by molar-refractivity contribution is 0.800. The first-order valence-corrected chi connectivity index (χ1v) is 5.87. The number of hydrogen-bond acceptors (Lipinski definition) is 3. The van der Waals surface area contributed by atoms with Crippen LogP contribution in [-0.2, 0) is 13.6 Å². The Kier molecular flexibility index (Phi) is 3.28. The molecular formula is C12H16N4S. The van der Waals surface area contributed by atoms with Crippen molar-refractivity contribution >= 4 is 18.2 Å². The van der Waals surface area contributed by atoms with Gasteiger partial charge in [0.15, 0.2) is 4.77 Å². The first-order chi connectivity index (χ1) is 8.08. The van der Waals surface area contributed by atoms with Crippen molar-refractivity contribution in [2.24, 2.45) is 7.05 Å².